The predicted molar refractivity (Wildman–Crippen MR) is 58.3 cm³/mol. The van der Waals surface area contributed by atoms with Crippen LogP contribution < -0.4 is 0 Å². The quantitative estimate of drug-likeness (QED) is 0.763. The van der Waals surface area contributed by atoms with E-state index in [4.69, 9.17) is 0 Å². The van der Waals surface area contributed by atoms with Gasteiger partial charge >= 0.3 is 0 Å². The Labute approximate surface area is 91.5 Å². The lowest BCUT2D eigenvalue weighted by molar-refractivity contribution is -0.163. The van der Waals surface area contributed by atoms with Gasteiger partial charge < -0.3 is 10.0 Å². The molecule has 0 aromatic carbocycles. The lowest BCUT2D eigenvalue weighted by atomic mass is 9.87. The van der Waals surface area contributed by atoms with Crippen molar-refractivity contribution in [1.29, 1.82) is 0 Å². The van der Waals surface area contributed by atoms with Crippen LogP contribution in [0.5, 0.6) is 0 Å². The summed E-state index contributed by atoms with van der Waals surface area (Å²) in [6.07, 6.45) is 4.11. The highest BCUT2D eigenvalue weighted by Gasteiger charge is 2.53. The topological polar surface area (TPSA) is 40.5 Å². The largest absolute Gasteiger partial charge is 0.386 e. The molecule has 0 bridgehead atoms. The standard InChI is InChI=1S/C12H21NO2/c1-3-9(4-2)11(14)13-7-12(15,8-13)10-5-6-10/h9-10,15H,3-8H2,1-2H3. The molecule has 2 rings (SSSR count). The number of amides is 1. The second-order valence-corrected chi connectivity index (χ2v) is 5.09. The van der Waals surface area contributed by atoms with Gasteiger partial charge in [-0.1, -0.05) is 13.8 Å². The van der Waals surface area contributed by atoms with Crippen LogP contribution in [0.4, 0.5) is 0 Å². The SMILES string of the molecule is CCC(CC)C(=O)N1CC(O)(C2CC2)C1. The van der Waals surface area contributed by atoms with Crippen LogP contribution in [0.15, 0.2) is 0 Å². The molecule has 1 saturated carbocycles. The zero-order valence-electron chi connectivity index (χ0n) is 9.70. The van der Waals surface area contributed by atoms with Gasteiger partial charge in [0.15, 0.2) is 0 Å². The van der Waals surface area contributed by atoms with E-state index in [1.165, 1.54) is 0 Å². The predicted octanol–water partition coefficient (Wildman–Crippen LogP) is 1.41. The second-order valence-electron chi connectivity index (χ2n) is 5.09. The highest BCUT2D eigenvalue weighted by atomic mass is 16.3. The van der Waals surface area contributed by atoms with Crippen LogP contribution in [-0.4, -0.2) is 34.6 Å². The van der Waals surface area contributed by atoms with Crippen LogP contribution in [0.25, 0.3) is 0 Å². The minimum atomic E-state index is -0.526. The van der Waals surface area contributed by atoms with Crippen molar-refractivity contribution in [1.82, 2.24) is 4.90 Å². The van der Waals surface area contributed by atoms with E-state index in [9.17, 15) is 9.90 Å². The van der Waals surface area contributed by atoms with E-state index >= 15 is 0 Å². The van der Waals surface area contributed by atoms with E-state index in [-0.39, 0.29) is 11.8 Å². The Morgan fingerprint density at radius 1 is 1.40 bits per heavy atom. The van der Waals surface area contributed by atoms with Crippen molar-refractivity contribution < 1.29 is 9.90 Å². The van der Waals surface area contributed by atoms with Gasteiger partial charge in [0.2, 0.25) is 5.91 Å². The van der Waals surface area contributed by atoms with Crippen molar-refractivity contribution in [3.05, 3.63) is 0 Å². The Morgan fingerprint density at radius 3 is 2.33 bits per heavy atom. The molecule has 15 heavy (non-hydrogen) atoms. The van der Waals surface area contributed by atoms with E-state index in [0.29, 0.717) is 19.0 Å². The maximum atomic E-state index is 11.9. The monoisotopic (exact) mass is 211 g/mol. The Bertz CT molecular complexity index is 250. The Balaban J connectivity index is 1.85. The van der Waals surface area contributed by atoms with E-state index < -0.39 is 5.60 Å². The number of hydrogen-bond donors (Lipinski definition) is 1. The molecule has 1 amide bonds. The van der Waals surface area contributed by atoms with Crippen LogP contribution >= 0.6 is 0 Å². The number of aliphatic hydroxyl groups is 1. The first-order valence-corrected chi connectivity index (χ1v) is 6.12. The van der Waals surface area contributed by atoms with Crippen molar-refractivity contribution in [2.24, 2.45) is 11.8 Å². The van der Waals surface area contributed by atoms with Gasteiger partial charge in [-0.2, -0.15) is 0 Å². The van der Waals surface area contributed by atoms with Crippen LogP contribution in [0.2, 0.25) is 0 Å². The van der Waals surface area contributed by atoms with Crippen LogP contribution in [0, 0.1) is 11.8 Å². The smallest absolute Gasteiger partial charge is 0.225 e. The summed E-state index contributed by atoms with van der Waals surface area (Å²) in [4.78, 5) is 13.8. The number of rotatable bonds is 4. The molecule has 86 valence electrons. The number of carbonyl (C=O) groups is 1. The maximum Gasteiger partial charge on any atom is 0.225 e. The highest BCUT2D eigenvalue weighted by molar-refractivity contribution is 5.80. The van der Waals surface area contributed by atoms with Crippen LogP contribution in [0.1, 0.15) is 39.5 Å². The number of hydrogen-bond acceptors (Lipinski definition) is 2. The molecular formula is C12H21NO2. The van der Waals surface area contributed by atoms with E-state index in [1.54, 1.807) is 0 Å². The molecule has 0 atom stereocenters. The zero-order chi connectivity index (χ0) is 11.1. The minimum absolute atomic E-state index is 0.161. The fourth-order valence-electron chi connectivity index (χ4n) is 2.55. The normalized spacial score (nSPS) is 24.1. The van der Waals surface area contributed by atoms with E-state index in [2.05, 4.69) is 13.8 Å². The molecule has 0 aromatic rings. The number of β-amino-alcohol motifs (C(OH)–C–C–N with tert-alkyl or cyclic N) is 1. The third kappa shape index (κ3) is 1.89. The Morgan fingerprint density at radius 2 is 1.93 bits per heavy atom. The van der Waals surface area contributed by atoms with Gasteiger partial charge in [0.25, 0.3) is 0 Å². The van der Waals surface area contributed by atoms with Crippen LogP contribution in [0.3, 0.4) is 0 Å². The summed E-state index contributed by atoms with van der Waals surface area (Å²) in [5.74, 6) is 0.877. The van der Waals surface area contributed by atoms with Crippen molar-refractivity contribution in [3.63, 3.8) is 0 Å². The summed E-state index contributed by atoms with van der Waals surface area (Å²) in [5, 5.41) is 10.1. The molecule has 1 aliphatic carbocycles. The van der Waals surface area contributed by atoms with Gasteiger partial charge in [-0.3, -0.25) is 4.79 Å². The first-order chi connectivity index (χ1) is 7.10. The summed E-state index contributed by atoms with van der Waals surface area (Å²) in [6, 6.07) is 0. The van der Waals surface area contributed by atoms with Gasteiger partial charge in [0, 0.05) is 5.92 Å². The minimum Gasteiger partial charge on any atom is -0.386 e. The molecule has 3 heteroatoms. The molecule has 0 unspecified atom stereocenters. The number of likely N-dealkylation sites (tertiary alicyclic amines) is 1. The van der Waals surface area contributed by atoms with Gasteiger partial charge in [-0.05, 0) is 31.6 Å². The second kappa shape index (κ2) is 3.78. The van der Waals surface area contributed by atoms with Crippen molar-refractivity contribution >= 4 is 5.91 Å². The van der Waals surface area contributed by atoms with Crippen LogP contribution in [-0.2, 0) is 4.79 Å². The molecule has 0 radical (unpaired) electrons. The zero-order valence-corrected chi connectivity index (χ0v) is 9.70. The molecule has 1 saturated heterocycles. The Hall–Kier alpha value is -0.570. The van der Waals surface area contributed by atoms with Gasteiger partial charge in [-0.15, -0.1) is 0 Å². The molecule has 1 N–H and O–H groups in total. The molecule has 1 aliphatic heterocycles. The summed E-state index contributed by atoms with van der Waals surface area (Å²) in [7, 11) is 0. The fraction of sp³-hybridized carbons (Fsp3) is 0.917. The molecule has 2 aliphatic rings. The summed E-state index contributed by atoms with van der Waals surface area (Å²) in [6.45, 7) is 5.26. The average Bonchev–Trinajstić information content (AvgIpc) is 2.98. The van der Waals surface area contributed by atoms with Crippen molar-refractivity contribution in [2.75, 3.05) is 13.1 Å². The molecule has 1 heterocycles. The van der Waals surface area contributed by atoms with Gasteiger partial charge in [0.1, 0.15) is 5.60 Å². The van der Waals surface area contributed by atoms with E-state index in [1.807, 2.05) is 4.90 Å². The summed E-state index contributed by atoms with van der Waals surface area (Å²) in [5.41, 5.74) is -0.526. The lowest BCUT2D eigenvalue weighted by Gasteiger charge is -2.48. The van der Waals surface area contributed by atoms with Gasteiger partial charge in [0.05, 0.1) is 13.1 Å². The molecule has 0 spiro atoms. The van der Waals surface area contributed by atoms with E-state index in [0.717, 1.165) is 25.7 Å². The van der Waals surface area contributed by atoms with Crippen molar-refractivity contribution in [3.8, 4) is 0 Å². The highest BCUT2D eigenvalue weighted by Crippen LogP contribution is 2.44. The third-order valence-electron chi connectivity index (χ3n) is 3.91. The first kappa shape index (κ1) is 10.9. The first-order valence-electron chi connectivity index (χ1n) is 6.12. The number of nitrogens with zero attached hydrogens (tertiary/aromatic N) is 1. The number of carbonyl (C=O) groups excluding carboxylic acids is 1. The fourth-order valence-corrected chi connectivity index (χ4v) is 2.55. The third-order valence-corrected chi connectivity index (χ3v) is 3.91. The maximum absolute atomic E-state index is 11.9. The van der Waals surface area contributed by atoms with Crippen molar-refractivity contribution in [2.45, 2.75) is 45.1 Å². The molecule has 3 nitrogen and oxygen atoms in total. The molecule has 2 fully saturated rings. The summed E-state index contributed by atoms with van der Waals surface area (Å²) < 4.78 is 0. The van der Waals surface area contributed by atoms with Gasteiger partial charge in [-0.25, -0.2) is 0 Å². The molecular weight excluding hydrogens is 190 g/mol. The average molecular weight is 211 g/mol. The lowest BCUT2D eigenvalue weighted by Crippen LogP contribution is -2.65. The summed E-state index contributed by atoms with van der Waals surface area (Å²) >= 11 is 0. The molecule has 0 aromatic heterocycles. The Kier molecular flexibility index (Phi) is 2.75.